The van der Waals surface area contributed by atoms with E-state index in [9.17, 15) is 0 Å². The van der Waals surface area contributed by atoms with Crippen LogP contribution in [0.2, 0.25) is 0 Å². The van der Waals surface area contributed by atoms with Gasteiger partial charge in [0, 0.05) is 18.1 Å². The topological polar surface area (TPSA) is 74.2 Å². The third kappa shape index (κ3) is 2.73. The van der Waals surface area contributed by atoms with Crippen molar-refractivity contribution in [2.24, 2.45) is 0 Å². The molecule has 2 N–H and O–H groups in total. The summed E-state index contributed by atoms with van der Waals surface area (Å²) in [5.74, 6) is 1.65. The molecule has 0 aliphatic rings. The van der Waals surface area contributed by atoms with Gasteiger partial charge in [-0.15, -0.1) is 0 Å². The molecule has 21 heavy (non-hydrogen) atoms. The maximum atomic E-state index is 5.91. The van der Waals surface area contributed by atoms with Gasteiger partial charge in [0.15, 0.2) is 11.6 Å². The Balaban J connectivity index is 2.05. The number of para-hydroxylation sites is 1. The summed E-state index contributed by atoms with van der Waals surface area (Å²) >= 11 is 0. The molecule has 0 atom stereocenters. The van der Waals surface area contributed by atoms with Crippen LogP contribution in [0, 0.1) is 6.92 Å². The molecule has 0 radical (unpaired) electrons. The van der Waals surface area contributed by atoms with Gasteiger partial charge < -0.3 is 14.9 Å². The third-order valence-electron chi connectivity index (χ3n) is 3.22. The Morgan fingerprint density at radius 2 is 2.10 bits per heavy atom. The number of aryl methyl sites for hydroxylation is 1. The number of nitrogen functional groups attached to an aromatic ring is 1. The lowest BCUT2D eigenvalue weighted by atomic mass is 10.2. The maximum Gasteiger partial charge on any atom is 0.157 e. The summed E-state index contributed by atoms with van der Waals surface area (Å²) in [6.07, 6.45) is 0. The van der Waals surface area contributed by atoms with E-state index in [2.05, 4.69) is 9.97 Å². The number of nitrogens with zero attached hydrogens (tertiary/aromatic N) is 2. The lowest BCUT2D eigenvalue weighted by Gasteiger charge is -2.04. The van der Waals surface area contributed by atoms with Crippen LogP contribution >= 0.6 is 0 Å². The number of ether oxygens (including phenoxy) is 1. The molecule has 0 aliphatic carbocycles. The molecule has 2 aromatic heterocycles. The smallest absolute Gasteiger partial charge is 0.157 e. The van der Waals surface area contributed by atoms with Crippen LogP contribution in [0.25, 0.3) is 22.4 Å². The maximum absolute atomic E-state index is 5.91. The fourth-order valence-corrected chi connectivity index (χ4v) is 2.24. The van der Waals surface area contributed by atoms with Crippen LogP contribution in [0.15, 0.2) is 34.7 Å². The van der Waals surface area contributed by atoms with E-state index in [4.69, 9.17) is 14.9 Å². The van der Waals surface area contributed by atoms with Crippen LogP contribution in [0.3, 0.4) is 0 Å². The Kier molecular flexibility index (Phi) is 3.58. The monoisotopic (exact) mass is 283 g/mol. The molecule has 5 nitrogen and oxygen atoms in total. The first kappa shape index (κ1) is 13.6. The molecule has 0 amide bonds. The predicted molar refractivity (Wildman–Crippen MR) is 81.7 cm³/mol. The van der Waals surface area contributed by atoms with Gasteiger partial charge in [0.1, 0.15) is 23.7 Å². The predicted octanol–water partition coefficient (Wildman–Crippen LogP) is 3.32. The van der Waals surface area contributed by atoms with Crippen molar-refractivity contribution < 1.29 is 9.15 Å². The number of hydrogen-bond donors (Lipinski definition) is 1. The van der Waals surface area contributed by atoms with Gasteiger partial charge in [-0.25, -0.2) is 9.97 Å². The van der Waals surface area contributed by atoms with Crippen molar-refractivity contribution in [2.45, 2.75) is 20.5 Å². The zero-order valence-corrected chi connectivity index (χ0v) is 12.1. The zero-order chi connectivity index (χ0) is 14.8. The Bertz CT molecular complexity index is 780. The highest BCUT2D eigenvalue weighted by Gasteiger charge is 2.11. The van der Waals surface area contributed by atoms with E-state index < -0.39 is 0 Å². The first-order chi connectivity index (χ1) is 10.2. The van der Waals surface area contributed by atoms with Crippen LogP contribution in [0.5, 0.6) is 0 Å². The Labute approximate surface area is 122 Å². The number of furan rings is 1. The van der Waals surface area contributed by atoms with Crippen molar-refractivity contribution in [1.29, 1.82) is 0 Å². The number of hydrogen-bond acceptors (Lipinski definition) is 5. The minimum atomic E-state index is 0.341. The van der Waals surface area contributed by atoms with Crippen molar-refractivity contribution in [1.82, 2.24) is 9.97 Å². The number of fused-ring (bicyclic) bond motifs is 1. The van der Waals surface area contributed by atoms with Gasteiger partial charge >= 0.3 is 0 Å². The molecule has 3 rings (SSSR count). The number of benzene rings is 1. The summed E-state index contributed by atoms with van der Waals surface area (Å²) in [6, 6.07) is 9.72. The van der Waals surface area contributed by atoms with E-state index in [1.54, 1.807) is 6.07 Å². The van der Waals surface area contributed by atoms with Crippen LogP contribution in [-0.2, 0) is 11.3 Å². The summed E-state index contributed by atoms with van der Waals surface area (Å²) in [6.45, 7) is 4.89. The molecule has 0 spiro atoms. The number of anilines is 1. The molecule has 0 saturated carbocycles. The van der Waals surface area contributed by atoms with Crippen molar-refractivity contribution >= 4 is 16.8 Å². The first-order valence-corrected chi connectivity index (χ1v) is 6.88. The van der Waals surface area contributed by atoms with Gasteiger partial charge in [-0.2, -0.15) is 0 Å². The summed E-state index contributed by atoms with van der Waals surface area (Å²) < 4.78 is 11.2. The SMILES string of the molecule is CCOCc1nc(N)cc(-c2cc3cccc(C)c3o2)n1. The molecule has 2 heterocycles. The highest BCUT2D eigenvalue weighted by molar-refractivity contribution is 5.84. The van der Waals surface area contributed by atoms with E-state index in [0.717, 1.165) is 16.5 Å². The van der Waals surface area contributed by atoms with E-state index >= 15 is 0 Å². The Morgan fingerprint density at radius 1 is 1.24 bits per heavy atom. The molecule has 108 valence electrons. The molecule has 0 bridgehead atoms. The van der Waals surface area contributed by atoms with Crippen molar-refractivity contribution in [3.63, 3.8) is 0 Å². The van der Waals surface area contributed by atoms with Crippen molar-refractivity contribution in [3.05, 3.63) is 41.7 Å². The minimum absolute atomic E-state index is 0.341. The minimum Gasteiger partial charge on any atom is -0.454 e. The number of nitrogens with two attached hydrogens (primary N) is 1. The molecule has 5 heteroatoms. The normalized spacial score (nSPS) is 11.1. The van der Waals surface area contributed by atoms with Gasteiger partial charge in [0.25, 0.3) is 0 Å². The molecular formula is C16H17N3O2. The van der Waals surface area contributed by atoms with Crippen LogP contribution < -0.4 is 5.73 Å². The van der Waals surface area contributed by atoms with Crippen LogP contribution in [0.4, 0.5) is 5.82 Å². The van der Waals surface area contributed by atoms with Crippen LogP contribution in [-0.4, -0.2) is 16.6 Å². The summed E-state index contributed by atoms with van der Waals surface area (Å²) in [7, 11) is 0. The molecule has 3 aromatic rings. The second kappa shape index (κ2) is 5.54. The second-order valence-corrected chi connectivity index (χ2v) is 4.84. The van der Waals surface area contributed by atoms with Crippen molar-refractivity contribution in [2.75, 3.05) is 12.3 Å². The zero-order valence-electron chi connectivity index (χ0n) is 12.1. The Morgan fingerprint density at radius 3 is 2.86 bits per heavy atom. The number of rotatable bonds is 4. The molecule has 1 aromatic carbocycles. The first-order valence-electron chi connectivity index (χ1n) is 6.88. The van der Waals surface area contributed by atoms with E-state index in [0.29, 0.717) is 36.3 Å². The van der Waals surface area contributed by atoms with Gasteiger partial charge in [0.2, 0.25) is 0 Å². The molecule has 0 saturated heterocycles. The molecule has 0 unspecified atom stereocenters. The lowest BCUT2D eigenvalue weighted by molar-refractivity contribution is 0.128. The Hall–Kier alpha value is -2.40. The molecular weight excluding hydrogens is 266 g/mol. The lowest BCUT2D eigenvalue weighted by Crippen LogP contribution is -2.03. The van der Waals surface area contributed by atoms with E-state index in [1.807, 2.05) is 38.1 Å². The average Bonchev–Trinajstić information content (AvgIpc) is 2.90. The van der Waals surface area contributed by atoms with Crippen molar-refractivity contribution in [3.8, 4) is 11.5 Å². The summed E-state index contributed by atoms with van der Waals surface area (Å²) in [5, 5.41) is 1.05. The largest absolute Gasteiger partial charge is 0.454 e. The average molecular weight is 283 g/mol. The fraction of sp³-hybridized carbons (Fsp3) is 0.250. The van der Waals surface area contributed by atoms with Gasteiger partial charge in [-0.1, -0.05) is 18.2 Å². The quantitative estimate of drug-likeness (QED) is 0.795. The number of aromatic nitrogens is 2. The highest BCUT2D eigenvalue weighted by atomic mass is 16.5. The summed E-state index contributed by atoms with van der Waals surface area (Å²) in [5.41, 5.74) is 8.48. The van der Waals surface area contributed by atoms with E-state index in [1.165, 1.54) is 0 Å². The van der Waals surface area contributed by atoms with Gasteiger partial charge in [-0.05, 0) is 25.5 Å². The van der Waals surface area contributed by atoms with Crippen LogP contribution in [0.1, 0.15) is 18.3 Å². The molecule has 0 aliphatic heterocycles. The van der Waals surface area contributed by atoms with Gasteiger partial charge in [0.05, 0.1) is 0 Å². The fourth-order valence-electron chi connectivity index (χ4n) is 2.24. The third-order valence-corrected chi connectivity index (χ3v) is 3.22. The standard InChI is InChI=1S/C16H17N3O2/c1-3-20-9-15-18-12(8-14(17)19-15)13-7-11-6-4-5-10(2)16(11)21-13/h4-8H,3,9H2,1-2H3,(H2,17,18,19). The van der Waals surface area contributed by atoms with Gasteiger partial charge in [-0.3, -0.25) is 0 Å². The molecule has 0 fully saturated rings. The second-order valence-electron chi connectivity index (χ2n) is 4.84. The van der Waals surface area contributed by atoms with E-state index in [-0.39, 0.29) is 0 Å². The summed E-state index contributed by atoms with van der Waals surface area (Å²) in [4.78, 5) is 8.62. The highest BCUT2D eigenvalue weighted by Crippen LogP contribution is 2.29.